The van der Waals surface area contributed by atoms with E-state index in [0.29, 0.717) is 25.7 Å². The Kier molecular flexibility index (Phi) is 2.21. The smallest absolute Gasteiger partial charge is 0.329 e. The first-order chi connectivity index (χ1) is 8.60. The summed E-state index contributed by atoms with van der Waals surface area (Å²) < 4.78 is 25.9. The van der Waals surface area contributed by atoms with Crippen molar-refractivity contribution in [2.24, 2.45) is 10.8 Å². The molecule has 4 nitrogen and oxygen atoms in total. The Morgan fingerprint density at radius 2 is 1.47 bits per heavy atom. The number of nitrogens with one attached hydrogen (secondary N) is 1. The normalized spacial score (nSPS) is 30.9. The zero-order valence-corrected chi connectivity index (χ0v) is 10.8. The number of amides is 1. The Bertz CT molecular complexity index is 451. The second-order valence-electron chi connectivity index (χ2n) is 6.99. The van der Waals surface area contributed by atoms with E-state index in [0.717, 1.165) is 0 Å². The van der Waals surface area contributed by atoms with E-state index in [1.165, 1.54) is 6.92 Å². The predicted octanol–water partition coefficient (Wildman–Crippen LogP) is 1.94. The highest BCUT2D eigenvalue weighted by Crippen LogP contribution is 2.75. The molecule has 0 aromatic carbocycles. The molecule has 0 saturated heterocycles. The average Bonchev–Trinajstić information content (AvgIpc) is 2.06. The van der Waals surface area contributed by atoms with Gasteiger partial charge in [0.15, 0.2) is 0 Å². The molecule has 3 saturated carbocycles. The van der Waals surface area contributed by atoms with E-state index in [2.05, 4.69) is 5.32 Å². The van der Waals surface area contributed by atoms with Crippen LogP contribution in [-0.4, -0.2) is 28.4 Å². The summed E-state index contributed by atoms with van der Waals surface area (Å²) in [5.41, 5.74) is -1.54. The molecule has 0 heterocycles. The van der Waals surface area contributed by atoms with E-state index in [9.17, 15) is 23.5 Å². The van der Waals surface area contributed by atoms with Gasteiger partial charge in [0.25, 0.3) is 0 Å². The van der Waals surface area contributed by atoms with Crippen LogP contribution >= 0.6 is 0 Å². The zero-order valence-electron chi connectivity index (χ0n) is 10.8. The maximum absolute atomic E-state index is 12.9. The summed E-state index contributed by atoms with van der Waals surface area (Å²) >= 11 is 0. The van der Waals surface area contributed by atoms with Crippen molar-refractivity contribution in [3.63, 3.8) is 0 Å². The molecule has 1 amide bonds. The highest BCUT2D eigenvalue weighted by Gasteiger charge is 2.73. The summed E-state index contributed by atoms with van der Waals surface area (Å²) in [7, 11) is 0. The predicted molar refractivity (Wildman–Crippen MR) is 61.7 cm³/mol. The van der Waals surface area contributed by atoms with Crippen molar-refractivity contribution in [3.05, 3.63) is 0 Å². The molecule has 19 heavy (non-hydrogen) atoms. The summed E-state index contributed by atoms with van der Waals surface area (Å²) in [6.07, 6.45) is 2.02. The van der Waals surface area contributed by atoms with Crippen LogP contribution in [0.4, 0.5) is 8.78 Å². The molecule has 0 unspecified atom stereocenters. The number of alkyl halides is 2. The topological polar surface area (TPSA) is 66.4 Å². The Morgan fingerprint density at radius 1 is 1.00 bits per heavy atom. The number of carboxylic acid groups (broad SMARTS) is 1. The monoisotopic (exact) mass is 273 g/mol. The van der Waals surface area contributed by atoms with Crippen LogP contribution in [0.3, 0.4) is 0 Å². The molecule has 0 radical (unpaired) electrons. The van der Waals surface area contributed by atoms with Gasteiger partial charge in [-0.15, -0.1) is 0 Å². The number of carbonyl (C=O) groups excluding carboxylic acids is 1. The van der Waals surface area contributed by atoms with Gasteiger partial charge in [0.05, 0.1) is 0 Å². The fourth-order valence-electron chi connectivity index (χ4n) is 4.94. The third-order valence-corrected chi connectivity index (χ3v) is 4.95. The van der Waals surface area contributed by atoms with Crippen LogP contribution in [0, 0.1) is 10.8 Å². The van der Waals surface area contributed by atoms with Crippen LogP contribution in [0.15, 0.2) is 0 Å². The quantitative estimate of drug-likeness (QED) is 0.808. The first-order valence-electron chi connectivity index (χ1n) is 6.50. The molecular weight excluding hydrogens is 256 g/mol. The van der Waals surface area contributed by atoms with Gasteiger partial charge in [-0.2, -0.15) is 0 Å². The zero-order chi connectivity index (χ0) is 14.1. The van der Waals surface area contributed by atoms with Crippen molar-refractivity contribution >= 4 is 11.9 Å². The number of rotatable bonds is 2. The Morgan fingerprint density at radius 3 is 1.84 bits per heavy atom. The molecule has 0 aromatic heterocycles. The van der Waals surface area contributed by atoms with Gasteiger partial charge in [-0.3, -0.25) is 4.79 Å². The second kappa shape index (κ2) is 3.27. The van der Waals surface area contributed by atoms with Crippen molar-refractivity contribution in [2.75, 3.05) is 0 Å². The highest BCUT2D eigenvalue weighted by atomic mass is 19.3. The molecule has 6 heteroatoms. The summed E-state index contributed by atoms with van der Waals surface area (Å²) in [6, 6.07) is 0. The highest BCUT2D eigenvalue weighted by molar-refractivity contribution is 5.87. The number of hydrogen-bond donors (Lipinski definition) is 2. The van der Waals surface area contributed by atoms with E-state index in [4.69, 9.17) is 0 Å². The molecule has 106 valence electrons. The van der Waals surface area contributed by atoms with Crippen LogP contribution in [0.2, 0.25) is 0 Å². The van der Waals surface area contributed by atoms with Gasteiger partial charge >= 0.3 is 5.97 Å². The van der Waals surface area contributed by atoms with E-state index in [-0.39, 0.29) is 29.6 Å². The van der Waals surface area contributed by atoms with Crippen LogP contribution in [-0.2, 0) is 9.59 Å². The summed E-state index contributed by atoms with van der Waals surface area (Å²) in [5, 5.41) is 11.7. The molecule has 0 aromatic rings. The number of halogens is 2. The molecule has 0 bridgehead atoms. The van der Waals surface area contributed by atoms with Crippen molar-refractivity contribution < 1.29 is 23.5 Å². The van der Waals surface area contributed by atoms with Gasteiger partial charge < -0.3 is 10.4 Å². The molecule has 2 spiro atoms. The van der Waals surface area contributed by atoms with E-state index >= 15 is 0 Å². The van der Waals surface area contributed by atoms with Gasteiger partial charge in [0.2, 0.25) is 11.8 Å². The SMILES string of the molecule is CC(=O)NC1(C(=O)O)CC2(CC3(CC(F)(F)C3)C2)C1. The number of carbonyl (C=O) groups is 2. The van der Waals surface area contributed by atoms with E-state index < -0.39 is 17.4 Å². The third kappa shape index (κ3) is 1.75. The van der Waals surface area contributed by atoms with Crippen molar-refractivity contribution in [3.8, 4) is 0 Å². The lowest BCUT2D eigenvalue weighted by molar-refractivity contribution is -0.260. The summed E-state index contributed by atoms with van der Waals surface area (Å²) in [6.45, 7) is 1.30. The fourth-order valence-corrected chi connectivity index (χ4v) is 4.94. The fraction of sp³-hybridized carbons (Fsp3) is 0.846. The minimum atomic E-state index is -2.52. The van der Waals surface area contributed by atoms with Gasteiger partial charge in [-0.25, -0.2) is 13.6 Å². The lowest BCUT2D eigenvalue weighted by Gasteiger charge is -2.70. The minimum Gasteiger partial charge on any atom is -0.480 e. The van der Waals surface area contributed by atoms with Crippen LogP contribution in [0.5, 0.6) is 0 Å². The molecule has 3 fully saturated rings. The second-order valence-corrected chi connectivity index (χ2v) is 6.99. The Labute approximate surface area is 109 Å². The Balaban J connectivity index is 1.61. The molecule has 3 rings (SSSR count). The third-order valence-electron chi connectivity index (χ3n) is 4.95. The van der Waals surface area contributed by atoms with Gasteiger partial charge in [0.1, 0.15) is 5.54 Å². The molecule has 3 aliphatic carbocycles. The number of hydrogen-bond acceptors (Lipinski definition) is 2. The van der Waals surface area contributed by atoms with Crippen LogP contribution < -0.4 is 5.32 Å². The maximum atomic E-state index is 12.9. The van der Waals surface area contributed by atoms with Gasteiger partial charge in [-0.1, -0.05) is 0 Å². The lowest BCUT2D eigenvalue weighted by atomic mass is 9.36. The largest absolute Gasteiger partial charge is 0.480 e. The van der Waals surface area contributed by atoms with Crippen LogP contribution in [0.25, 0.3) is 0 Å². The molecule has 0 atom stereocenters. The maximum Gasteiger partial charge on any atom is 0.329 e. The molecule has 0 aliphatic heterocycles. The average molecular weight is 273 g/mol. The number of carboxylic acids is 1. The molecule has 3 aliphatic rings. The van der Waals surface area contributed by atoms with E-state index in [1.54, 1.807) is 0 Å². The lowest BCUT2D eigenvalue weighted by Crippen LogP contribution is -2.72. The standard InChI is InChI=1S/C13H17F2NO3/c1-8(17)16-12(9(18)19)4-10(5-12)2-11(3-10)6-13(14,15)7-11/h2-7H2,1H3,(H,16,17)(H,18,19). The minimum absolute atomic E-state index is 0.0536. The first-order valence-corrected chi connectivity index (χ1v) is 6.50. The van der Waals surface area contributed by atoms with Crippen molar-refractivity contribution in [1.82, 2.24) is 5.32 Å². The Hall–Kier alpha value is -1.20. The molecular formula is C13H17F2NO3. The van der Waals surface area contributed by atoms with Crippen LogP contribution in [0.1, 0.15) is 45.4 Å². The number of aliphatic carboxylic acids is 1. The van der Waals surface area contributed by atoms with Gasteiger partial charge in [0, 0.05) is 19.8 Å². The van der Waals surface area contributed by atoms with E-state index in [1.807, 2.05) is 0 Å². The van der Waals surface area contributed by atoms with Crippen molar-refractivity contribution in [2.45, 2.75) is 56.9 Å². The van der Waals surface area contributed by atoms with Gasteiger partial charge in [-0.05, 0) is 36.5 Å². The molecule has 2 N–H and O–H groups in total. The first kappa shape index (κ1) is 12.8. The summed E-state index contributed by atoms with van der Waals surface area (Å²) in [5.74, 6) is -3.90. The van der Waals surface area contributed by atoms with Crippen molar-refractivity contribution in [1.29, 1.82) is 0 Å². The summed E-state index contributed by atoms with van der Waals surface area (Å²) in [4.78, 5) is 22.4.